The molecule has 0 aliphatic heterocycles. The monoisotopic (exact) mass is 271 g/mol. The van der Waals surface area contributed by atoms with Crippen LogP contribution < -0.4 is 4.72 Å². The average Bonchev–Trinajstić information content (AvgIpc) is 2.02. The van der Waals surface area contributed by atoms with Crippen LogP contribution >= 0.6 is 15.9 Å². The van der Waals surface area contributed by atoms with Gasteiger partial charge in [-0.25, -0.2) is 13.1 Å². The Kier molecular flexibility index (Phi) is 6.16. The normalized spacial score (nSPS) is 14.8. The quantitative estimate of drug-likeness (QED) is 0.748. The Morgan fingerprint density at radius 1 is 1.31 bits per heavy atom. The maximum atomic E-state index is 10.8. The summed E-state index contributed by atoms with van der Waals surface area (Å²) in [5, 5.41) is 0. The highest BCUT2D eigenvalue weighted by molar-refractivity contribution is 9.09. The van der Waals surface area contributed by atoms with Gasteiger partial charge in [0.1, 0.15) is 0 Å². The van der Waals surface area contributed by atoms with Crippen molar-refractivity contribution in [2.24, 2.45) is 5.92 Å². The Bertz CT molecular complexity index is 224. The Morgan fingerprint density at radius 2 is 1.77 bits per heavy atom. The van der Waals surface area contributed by atoms with Gasteiger partial charge in [0.25, 0.3) is 0 Å². The molecule has 0 radical (unpaired) electrons. The van der Waals surface area contributed by atoms with Crippen molar-refractivity contribution in [1.82, 2.24) is 4.72 Å². The van der Waals surface area contributed by atoms with Crippen molar-refractivity contribution in [1.29, 1.82) is 0 Å². The predicted molar refractivity (Wildman–Crippen MR) is 59.6 cm³/mol. The van der Waals surface area contributed by atoms with Crippen molar-refractivity contribution < 1.29 is 8.42 Å². The summed E-state index contributed by atoms with van der Waals surface area (Å²) in [7, 11) is -3.05. The third-order valence-electron chi connectivity index (χ3n) is 2.10. The number of rotatable bonds is 6. The molecule has 0 amide bonds. The summed E-state index contributed by atoms with van der Waals surface area (Å²) < 4.78 is 24.1. The van der Waals surface area contributed by atoms with Gasteiger partial charge in [0.2, 0.25) is 10.0 Å². The predicted octanol–water partition coefficient (Wildman–Crippen LogP) is 1.74. The molecule has 1 unspecified atom stereocenters. The van der Waals surface area contributed by atoms with Crippen molar-refractivity contribution >= 4 is 26.0 Å². The first kappa shape index (κ1) is 13.4. The minimum absolute atomic E-state index is 0.234. The molecular formula is C8H18BrNO2S. The van der Waals surface area contributed by atoms with Crippen LogP contribution in [0, 0.1) is 5.92 Å². The maximum absolute atomic E-state index is 10.8. The van der Waals surface area contributed by atoms with E-state index in [0.29, 0.717) is 12.5 Å². The molecule has 0 aromatic heterocycles. The Labute approximate surface area is 89.5 Å². The van der Waals surface area contributed by atoms with Gasteiger partial charge in [0, 0.05) is 11.4 Å². The number of hydrogen-bond acceptors (Lipinski definition) is 2. The van der Waals surface area contributed by atoms with Gasteiger partial charge in [0.05, 0.1) is 6.26 Å². The Morgan fingerprint density at radius 3 is 2.08 bits per heavy atom. The number of halogens is 1. The topological polar surface area (TPSA) is 46.2 Å². The molecule has 3 nitrogen and oxygen atoms in total. The third-order valence-corrected chi connectivity index (χ3v) is 3.86. The van der Waals surface area contributed by atoms with Crippen molar-refractivity contribution in [2.75, 3.05) is 12.8 Å². The van der Waals surface area contributed by atoms with E-state index in [1.54, 1.807) is 0 Å². The number of nitrogens with one attached hydrogen (secondary N) is 1. The second kappa shape index (κ2) is 5.98. The van der Waals surface area contributed by atoms with E-state index < -0.39 is 10.0 Å². The lowest BCUT2D eigenvalue weighted by molar-refractivity contribution is 0.471. The summed E-state index contributed by atoms with van der Waals surface area (Å²) in [6.45, 7) is 4.71. The molecule has 0 fully saturated rings. The van der Waals surface area contributed by atoms with Crippen LogP contribution in [0.25, 0.3) is 0 Å². The van der Waals surface area contributed by atoms with E-state index in [1.807, 2.05) is 0 Å². The summed E-state index contributed by atoms with van der Waals surface area (Å²) in [5.74, 6) is 0.536. The third kappa shape index (κ3) is 6.46. The lowest BCUT2D eigenvalue weighted by atomic mass is 10.00. The van der Waals surface area contributed by atoms with E-state index in [2.05, 4.69) is 34.5 Å². The molecule has 13 heavy (non-hydrogen) atoms. The molecule has 0 saturated carbocycles. The van der Waals surface area contributed by atoms with Gasteiger partial charge in [-0.2, -0.15) is 0 Å². The summed E-state index contributed by atoms with van der Waals surface area (Å²) in [5.41, 5.74) is 0. The smallest absolute Gasteiger partial charge is 0.208 e. The van der Waals surface area contributed by atoms with E-state index in [-0.39, 0.29) is 4.83 Å². The molecule has 0 aromatic carbocycles. The van der Waals surface area contributed by atoms with E-state index >= 15 is 0 Å². The fourth-order valence-electron chi connectivity index (χ4n) is 1.20. The van der Waals surface area contributed by atoms with Gasteiger partial charge in [0.15, 0.2) is 0 Å². The van der Waals surface area contributed by atoms with E-state index in [1.165, 1.54) is 6.26 Å². The molecule has 0 saturated heterocycles. The van der Waals surface area contributed by atoms with Crippen LogP contribution in [0.4, 0.5) is 0 Å². The Balaban J connectivity index is 3.92. The van der Waals surface area contributed by atoms with E-state index in [9.17, 15) is 8.42 Å². The first-order valence-electron chi connectivity index (χ1n) is 4.49. The maximum Gasteiger partial charge on any atom is 0.208 e. The van der Waals surface area contributed by atoms with Crippen LogP contribution in [0.5, 0.6) is 0 Å². The molecule has 80 valence electrons. The average molecular weight is 272 g/mol. The van der Waals surface area contributed by atoms with Gasteiger partial charge >= 0.3 is 0 Å². The molecule has 0 rings (SSSR count). The zero-order valence-corrected chi connectivity index (χ0v) is 10.8. The minimum Gasteiger partial charge on any atom is -0.214 e. The number of alkyl halides is 1. The highest BCUT2D eigenvalue weighted by Gasteiger charge is 2.16. The van der Waals surface area contributed by atoms with Crippen LogP contribution in [0.2, 0.25) is 0 Å². The van der Waals surface area contributed by atoms with Crippen molar-refractivity contribution in [2.45, 2.75) is 31.5 Å². The lowest BCUT2D eigenvalue weighted by Crippen LogP contribution is -2.32. The zero-order chi connectivity index (χ0) is 10.5. The van der Waals surface area contributed by atoms with Crippen LogP contribution in [0.3, 0.4) is 0 Å². The second-order valence-corrected chi connectivity index (χ2v) is 6.22. The van der Waals surface area contributed by atoms with Gasteiger partial charge in [-0.1, -0.05) is 42.6 Å². The summed E-state index contributed by atoms with van der Waals surface area (Å²) in [6.07, 6.45) is 3.31. The SMILES string of the molecule is CCC(CC)C(Br)CNS(C)(=O)=O. The van der Waals surface area contributed by atoms with Crippen LogP contribution in [-0.4, -0.2) is 26.0 Å². The van der Waals surface area contributed by atoms with Crippen molar-refractivity contribution in [3.8, 4) is 0 Å². The molecule has 0 aliphatic rings. The van der Waals surface area contributed by atoms with E-state index in [4.69, 9.17) is 0 Å². The first-order valence-corrected chi connectivity index (χ1v) is 7.30. The number of sulfonamides is 1. The van der Waals surface area contributed by atoms with Crippen LogP contribution in [-0.2, 0) is 10.0 Å². The van der Waals surface area contributed by atoms with Crippen molar-refractivity contribution in [3.05, 3.63) is 0 Å². The molecular weight excluding hydrogens is 254 g/mol. The Hall–Kier alpha value is 0.390. The fraction of sp³-hybridized carbons (Fsp3) is 1.00. The highest BCUT2D eigenvalue weighted by atomic mass is 79.9. The molecule has 0 aromatic rings. The summed E-state index contributed by atoms with van der Waals surface area (Å²) in [6, 6.07) is 0. The zero-order valence-electron chi connectivity index (χ0n) is 8.38. The van der Waals surface area contributed by atoms with Gasteiger partial charge in [-0.05, 0) is 5.92 Å². The lowest BCUT2D eigenvalue weighted by Gasteiger charge is -2.19. The fourth-order valence-corrected chi connectivity index (χ4v) is 2.80. The van der Waals surface area contributed by atoms with Gasteiger partial charge in [-0.15, -0.1) is 0 Å². The van der Waals surface area contributed by atoms with Crippen molar-refractivity contribution in [3.63, 3.8) is 0 Å². The van der Waals surface area contributed by atoms with Crippen LogP contribution in [0.1, 0.15) is 26.7 Å². The number of hydrogen-bond donors (Lipinski definition) is 1. The van der Waals surface area contributed by atoms with Crippen LogP contribution in [0.15, 0.2) is 0 Å². The largest absolute Gasteiger partial charge is 0.214 e. The minimum atomic E-state index is -3.05. The first-order chi connectivity index (χ1) is 5.90. The van der Waals surface area contributed by atoms with Gasteiger partial charge < -0.3 is 0 Å². The highest BCUT2D eigenvalue weighted by Crippen LogP contribution is 2.19. The molecule has 0 spiro atoms. The molecule has 0 aliphatic carbocycles. The molecule has 5 heteroatoms. The van der Waals surface area contributed by atoms with Gasteiger partial charge in [-0.3, -0.25) is 0 Å². The summed E-state index contributed by atoms with van der Waals surface area (Å²) >= 11 is 3.49. The molecule has 1 N–H and O–H groups in total. The molecule has 0 bridgehead atoms. The van der Waals surface area contributed by atoms with E-state index in [0.717, 1.165) is 12.8 Å². The molecule has 1 atom stereocenters. The molecule has 0 heterocycles. The second-order valence-electron chi connectivity index (χ2n) is 3.21. The standard InChI is InChI=1S/C8H18BrNO2S/c1-4-7(5-2)8(9)6-10-13(3,11)12/h7-8,10H,4-6H2,1-3H3. The summed E-state index contributed by atoms with van der Waals surface area (Å²) in [4.78, 5) is 0.234.